The number of rotatable bonds is 6. The number of nitrogens with one attached hydrogen (secondary N) is 1. The molecular weight excluding hydrogens is 310 g/mol. The second-order valence-electron chi connectivity index (χ2n) is 5.68. The molecule has 1 fully saturated rings. The van der Waals surface area contributed by atoms with Crippen LogP contribution < -0.4 is 10.1 Å². The summed E-state index contributed by atoms with van der Waals surface area (Å²) < 4.78 is 6.77. The maximum atomic E-state index is 12.5. The summed E-state index contributed by atoms with van der Waals surface area (Å²) in [6.07, 6.45) is 2.69. The highest BCUT2D eigenvalue weighted by molar-refractivity contribution is 6.04. The third kappa shape index (κ3) is 3.37. The Kier molecular flexibility index (Phi) is 4.45. The SMILES string of the molecule is COc1cccc(CC2NC(=O)N(CCc3cn(C)nn3)C2=O)c1. The van der Waals surface area contributed by atoms with E-state index in [9.17, 15) is 9.59 Å². The zero-order valence-corrected chi connectivity index (χ0v) is 13.6. The molecule has 1 N–H and O–H groups in total. The van der Waals surface area contributed by atoms with E-state index < -0.39 is 6.04 Å². The molecule has 0 saturated carbocycles. The minimum Gasteiger partial charge on any atom is -0.497 e. The van der Waals surface area contributed by atoms with Crippen LogP contribution in [0.4, 0.5) is 4.79 Å². The van der Waals surface area contributed by atoms with Crippen LogP contribution in [0.2, 0.25) is 0 Å². The highest BCUT2D eigenvalue weighted by atomic mass is 16.5. The Balaban J connectivity index is 1.62. The van der Waals surface area contributed by atoms with Gasteiger partial charge in [-0.25, -0.2) is 4.79 Å². The van der Waals surface area contributed by atoms with E-state index in [1.165, 1.54) is 4.90 Å². The van der Waals surface area contributed by atoms with E-state index in [0.717, 1.165) is 17.0 Å². The Morgan fingerprint density at radius 2 is 2.17 bits per heavy atom. The van der Waals surface area contributed by atoms with Gasteiger partial charge in [0.2, 0.25) is 0 Å². The largest absolute Gasteiger partial charge is 0.497 e. The Hall–Kier alpha value is -2.90. The Morgan fingerprint density at radius 1 is 1.33 bits per heavy atom. The summed E-state index contributed by atoms with van der Waals surface area (Å²) in [6.45, 7) is 0.290. The van der Waals surface area contributed by atoms with Crippen LogP contribution >= 0.6 is 0 Å². The van der Waals surface area contributed by atoms with E-state index in [-0.39, 0.29) is 18.5 Å². The third-order valence-corrected chi connectivity index (χ3v) is 3.92. The van der Waals surface area contributed by atoms with Crippen molar-refractivity contribution in [1.82, 2.24) is 25.2 Å². The van der Waals surface area contributed by atoms with E-state index in [0.29, 0.717) is 12.8 Å². The van der Waals surface area contributed by atoms with E-state index in [2.05, 4.69) is 15.6 Å². The molecule has 8 nitrogen and oxygen atoms in total. The molecule has 2 heterocycles. The molecule has 1 unspecified atom stereocenters. The third-order valence-electron chi connectivity index (χ3n) is 3.92. The van der Waals surface area contributed by atoms with Crippen LogP contribution in [0.3, 0.4) is 0 Å². The Labute approximate surface area is 139 Å². The van der Waals surface area contributed by atoms with Gasteiger partial charge in [0.1, 0.15) is 11.8 Å². The quantitative estimate of drug-likeness (QED) is 0.781. The van der Waals surface area contributed by atoms with Crippen LogP contribution in [0.15, 0.2) is 30.5 Å². The topological polar surface area (TPSA) is 89.3 Å². The number of imide groups is 1. The molecule has 8 heteroatoms. The molecule has 1 aliphatic heterocycles. The van der Waals surface area contributed by atoms with E-state index >= 15 is 0 Å². The van der Waals surface area contributed by atoms with Crippen LogP contribution in [0.1, 0.15) is 11.3 Å². The van der Waals surface area contributed by atoms with Gasteiger partial charge in [0.05, 0.1) is 12.8 Å². The molecule has 24 heavy (non-hydrogen) atoms. The standard InChI is InChI=1S/C16H19N5O3/c1-20-10-12(18-19-20)6-7-21-15(22)14(17-16(21)23)9-11-4-3-5-13(8-11)24-2/h3-5,8,10,14H,6-7,9H2,1-2H3,(H,17,23). The summed E-state index contributed by atoms with van der Waals surface area (Å²) in [5.41, 5.74) is 1.68. The summed E-state index contributed by atoms with van der Waals surface area (Å²) >= 11 is 0. The van der Waals surface area contributed by atoms with Gasteiger partial charge in [0.25, 0.3) is 5.91 Å². The summed E-state index contributed by atoms with van der Waals surface area (Å²) in [4.78, 5) is 25.8. The monoisotopic (exact) mass is 329 g/mol. The van der Waals surface area contributed by atoms with Crippen molar-refractivity contribution < 1.29 is 14.3 Å². The van der Waals surface area contributed by atoms with Gasteiger partial charge in [0, 0.05) is 32.6 Å². The number of nitrogens with zero attached hydrogens (tertiary/aromatic N) is 4. The van der Waals surface area contributed by atoms with Gasteiger partial charge < -0.3 is 10.1 Å². The number of aryl methyl sites for hydroxylation is 1. The molecule has 3 rings (SSSR count). The van der Waals surface area contributed by atoms with Gasteiger partial charge in [0.15, 0.2) is 0 Å². The van der Waals surface area contributed by atoms with Crippen molar-refractivity contribution >= 4 is 11.9 Å². The minimum atomic E-state index is -0.550. The number of urea groups is 1. The smallest absolute Gasteiger partial charge is 0.324 e. The Morgan fingerprint density at radius 3 is 2.88 bits per heavy atom. The molecule has 1 aromatic carbocycles. The molecule has 0 aliphatic carbocycles. The molecule has 1 aromatic heterocycles. The van der Waals surface area contributed by atoms with Crippen molar-refractivity contribution in [3.8, 4) is 5.75 Å². The number of amides is 3. The molecule has 1 saturated heterocycles. The summed E-state index contributed by atoms with van der Waals surface area (Å²) in [7, 11) is 3.37. The number of carbonyl (C=O) groups excluding carboxylic acids is 2. The average Bonchev–Trinajstić information content (AvgIpc) is 3.10. The maximum Gasteiger partial charge on any atom is 0.324 e. The van der Waals surface area contributed by atoms with Crippen molar-refractivity contribution in [3.63, 3.8) is 0 Å². The van der Waals surface area contributed by atoms with E-state index in [1.807, 2.05) is 24.3 Å². The highest BCUT2D eigenvalue weighted by Crippen LogP contribution is 2.17. The van der Waals surface area contributed by atoms with Crippen molar-refractivity contribution in [1.29, 1.82) is 0 Å². The lowest BCUT2D eigenvalue weighted by Crippen LogP contribution is -2.34. The molecule has 1 aliphatic rings. The number of carbonyl (C=O) groups is 2. The number of benzene rings is 1. The molecule has 1 atom stereocenters. The lowest BCUT2D eigenvalue weighted by Gasteiger charge is -2.12. The number of hydrogen-bond donors (Lipinski definition) is 1. The fourth-order valence-electron chi connectivity index (χ4n) is 2.70. The van der Waals surface area contributed by atoms with Gasteiger partial charge in [-0.3, -0.25) is 14.4 Å². The van der Waals surface area contributed by atoms with E-state index in [1.54, 1.807) is 25.0 Å². The van der Waals surface area contributed by atoms with Crippen LogP contribution in [0, 0.1) is 0 Å². The van der Waals surface area contributed by atoms with Gasteiger partial charge in [-0.05, 0) is 17.7 Å². The molecule has 3 amide bonds. The molecule has 0 spiro atoms. The molecule has 0 radical (unpaired) electrons. The normalized spacial score (nSPS) is 17.2. The first-order chi connectivity index (χ1) is 11.6. The second-order valence-corrected chi connectivity index (χ2v) is 5.68. The number of aromatic nitrogens is 3. The Bertz CT molecular complexity index is 758. The fraction of sp³-hybridized carbons (Fsp3) is 0.375. The number of methoxy groups -OCH3 is 1. The first-order valence-corrected chi connectivity index (χ1v) is 7.67. The van der Waals surface area contributed by atoms with Gasteiger partial charge in [-0.1, -0.05) is 17.3 Å². The van der Waals surface area contributed by atoms with E-state index in [4.69, 9.17) is 4.74 Å². The number of ether oxygens (including phenoxy) is 1. The second kappa shape index (κ2) is 6.69. The zero-order valence-electron chi connectivity index (χ0n) is 13.6. The van der Waals surface area contributed by atoms with Crippen molar-refractivity contribution in [2.45, 2.75) is 18.9 Å². The molecule has 2 aromatic rings. The summed E-state index contributed by atoms with van der Waals surface area (Å²) in [6, 6.07) is 6.56. The van der Waals surface area contributed by atoms with Gasteiger partial charge in [-0.2, -0.15) is 0 Å². The predicted octanol–water partition coefficient (Wildman–Crippen LogP) is 0.529. The lowest BCUT2D eigenvalue weighted by atomic mass is 10.1. The first kappa shape index (κ1) is 16.0. The lowest BCUT2D eigenvalue weighted by molar-refractivity contribution is -0.127. The minimum absolute atomic E-state index is 0.216. The maximum absolute atomic E-state index is 12.5. The highest BCUT2D eigenvalue weighted by Gasteiger charge is 2.37. The van der Waals surface area contributed by atoms with Crippen LogP contribution in [0.25, 0.3) is 0 Å². The van der Waals surface area contributed by atoms with Crippen molar-refractivity contribution in [2.75, 3.05) is 13.7 Å². The first-order valence-electron chi connectivity index (χ1n) is 7.67. The summed E-state index contributed by atoms with van der Waals surface area (Å²) in [5, 5.41) is 10.5. The van der Waals surface area contributed by atoms with Gasteiger partial charge in [-0.15, -0.1) is 5.10 Å². The van der Waals surface area contributed by atoms with Gasteiger partial charge >= 0.3 is 6.03 Å². The van der Waals surface area contributed by atoms with Crippen molar-refractivity contribution in [3.05, 3.63) is 41.7 Å². The zero-order chi connectivity index (χ0) is 17.1. The van der Waals surface area contributed by atoms with Crippen molar-refractivity contribution in [2.24, 2.45) is 7.05 Å². The predicted molar refractivity (Wildman–Crippen MR) is 85.4 cm³/mol. The molecule has 126 valence electrons. The van der Waals surface area contributed by atoms with Crippen LogP contribution in [-0.2, 0) is 24.7 Å². The fourth-order valence-corrected chi connectivity index (χ4v) is 2.70. The van der Waals surface area contributed by atoms with Crippen LogP contribution in [0.5, 0.6) is 5.75 Å². The number of hydrogen-bond acceptors (Lipinski definition) is 5. The average molecular weight is 329 g/mol. The molecular formula is C16H19N5O3. The molecule has 0 bridgehead atoms. The summed E-state index contributed by atoms with van der Waals surface area (Å²) in [5.74, 6) is 0.510. The van der Waals surface area contributed by atoms with Crippen LogP contribution in [-0.4, -0.2) is 51.5 Å².